The molecule has 10 aromatic carbocycles. The van der Waals surface area contributed by atoms with Gasteiger partial charge in [0, 0.05) is 75.4 Å². The fourth-order valence-corrected chi connectivity index (χ4v) is 15.2. The Morgan fingerprint density at radius 2 is 0.513 bits per heavy atom. The average molecular weight is 1010 g/mol. The van der Waals surface area contributed by atoms with Crippen LogP contribution in [-0.4, -0.2) is 28.2 Å². The summed E-state index contributed by atoms with van der Waals surface area (Å²) in [6.45, 7) is 0. The van der Waals surface area contributed by atoms with Crippen LogP contribution < -0.4 is 0 Å². The number of rotatable bonds is 4. The van der Waals surface area contributed by atoms with Gasteiger partial charge in [0.25, 0.3) is 0 Å². The lowest BCUT2D eigenvalue weighted by Crippen LogP contribution is -2.32. The standard InChI is InChI=1S/C71H42N6S/c1-9-25-59-47(17-1)48-18-2-10-26-60(48)74(59)43-33-35-55-67(39-43)78-68-40-44(75-61-27-11-3-19-49(61)50-20-4-12-28-62(50)75)34-36-56(68)71(55)57-37-45(76-63-29-13-5-21-51(63)52-22-6-14-30-64(52)76)41-72-69(57)70-58(71)38-46(42-73-70)77-65-31-15-7-23-53(65)54-24-8-16-32-66(54)77/h1-42H. The van der Waals surface area contributed by atoms with E-state index in [1.165, 1.54) is 86.1 Å². The summed E-state index contributed by atoms with van der Waals surface area (Å²) in [4.78, 5) is 13.6. The third kappa shape index (κ3) is 5.47. The molecular weight excluding hydrogens is 969 g/mol. The first-order valence-electron chi connectivity index (χ1n) is 26.6. The molecular formula is C71H42N6S. The van der Waals surface area contributed by atoms with Crippen LogP contribution in [0.4, 0.5) is 0 Å². The second-order valence-corrected chi connectivity index (χ2v) is 22.0. The molecule has 1 spiro atoms. The Labute approximate surface area is 451 Å². The minimum absolute atomic E-state index is 0.858. The monoisotopic (exact) mass is 1010 g/mol. The molecule has 0 bridgehead atoms. The Balaban J connectivity index is 0.972. The van der Waals surface area contributed by atoms with E-state index in [0.29, 0.717) is 0 Å². The lowest BCUT2D eigenvalue weighted by atomic mass is 9.67. The summed E-state index contributed by atoms with van der Waals surface area (Å²) in [5.41, 5.74) is 19.1. The number of para-hydroxylation sites is 8. The summed E-state index contributed by atoms with van der Waals surface area (Å²) < 4.78 is 9.70. The lowest BCUT2D eigenvalue weighted by molar-refractivity contribution is 0.716. The molecule has 16 aromatic rings. The van der Waals surface area contributed by atoms with Gasteiger partial charge in [-0.15, -0.1) is 0 Å². The van der Waals surface area contributed by atoms with Crippen molar-refractivity contribution in [3.8, 4) is 34.1 Å². The topological polar surface area (TPSA) is 45.5 Å². The SMILES string of the molecule is c1ccc2c(c1)c1ccccc1n2-c1ccc2c(c1)Sc1cc(-n3c4ccccc4c4ccccc43)ccc1C21c2cc(-n3c4ccccc4c4ccccc43)cnc2-c2ncc(-n3c4ccccc4c4ccccc43)cc21. The molecule has 6 aromatic heterocycles. The second-order valence-electron chi connectivity index (χ2n) is 20.9. The summed E-state index contributed by atoms with van der Waals surface area (Å²) in [6.07, 6.45) is 4.14. The van der Waals surface area contributed by atoms with Crippen LogP contribution in [-0.2, 0) is 5.41 Å². The molecule has 0 fully saturated rings. The maximum atomic E-state index is 5.61. The van der Waals surface area contributed by atoms with Gasteiger partial charge in [0.1, 0.15) is 0 Å². The third-order valence-electron chi connectivity index (χ3n) is 17.1. The number of hydrogen-bond donors (Lipinski definition) is 0. The summed E-state index contributed by atoms with van der Waals surface area (Å²) in [6, 6.07) is 89.6. The van der Waals surface area contributed by atoms with Crippen LogP contribution in [0.25, 0.3) is 121 Å². The smallest absolute Gasteiger partial charge is 0.0939 e. The normalized spacial score (nSPS) is 13.4. The molecule has 6 nitrogen and oxygen atoms in total. The van der Waals surface area contributed by atoms with Crippen molar-refractivity contribution in [2.45, 2.75) is 15.2 Å². The highest BCUT2D eigenvalue weighted by Crippen LogP contribution is 2.63. The largest absolute Gasteiger partial charge is 0.309 e. The molecule has 18 rings (SSSR count). The Bertz CT molecular complexity index is 4740. The molecule has 0 atom stereocenters. The van der Waals surface area contributed by atoms with E-state index < -0.39 is 5.41 Å². The van der Waals surface area contributed by atoms with Crippen molar-refractivity contribution in [1.29, 1.82) is 0 Å². The quantitative estimate of drug-likeness (QED) is 0.176. The maximum absolute atomic E-state index is 5.61. The molecule has 0 amide bonds. The average Bonchev–Trinajstić information content (AvgIpc) is 4.24. The van der Waals surface area contributed by atoms with Gasteiger partial charge in [-0.25, -0.2) is 0 Å². The highest BCUT2D eigenvalue weighted by molar-refractivity contribution is 7.99. The van der Waals surface area contributed by atoms with Crippen LogP contribution in [0.5, 0.6) is 0 Å². The zero-order valence-electron chi connectivity index (χ0n) is 41.8. The molecule has 78 heavy (non-hydrogen) atoms. The van der Waals surface area contributed by atoms with Crippen molar-refractivity contribution >= 4 is 99.0 Å². The molecule has 0 radical (unpaired) electrons. The second kappa shape index (κ2) is 15.6. The fourth-order valence-electron chi connectivity index (χ4n) is 14.0. The highest BCUT2D eigenvalue weighted by Gasteiger charge is 2.52. The van der Waals surface area contributed by atoms with Crippen LogP contribution in [0.15, 0.2) is 265 Å². The van der Waals surface area contributed by atoms with Gasteiger partial charge in [0.05, 0.1) is 84.7 Å². The molecule has 362 valence electrons. The van der Waals surface area contributed by atoms with Crippen molar-refractivity contribution in [1.82, 2.24) is 28.2 Å². The van der Waals surface area contributed by atoms with Crippen LogP contribution in [0.2, 0.25) is 0 Å². The van der Waals surface area contributed by atoms with Crippen molar-refractivity contribution in [3.63, 3.8) is 0 Å². The number of pyridine rings is 2. The summed E-state index contributed by atoms with van der Waals surface area (Å²) in [5, 5.41) is 9.80. The van der Waals surface area contributed by atoms with E-state index in [-0.39, 0.29) is 0 Å². The molecule has 2 aliphatic rings. The molecule has 1 aliphatic carbocycles. The Morgan fingerprint density at radius 3 is 0.795 bits per heavy atom. The molecule has 0 saturated carbocycles. The number of benzene rings is 10. The number of hydrogen-bond acceptors (Lipinski definition) is 3. The Hall–Kier alpha value is -9.95. The molecule has 7 heterocycles. The summed E-state index contributed by atoms with van der Waals surface area (Å²) in [7, 11) is 0. The molecule has 0 N–H and O–H groups in total. The molecule has 7 heteroatoms. The predicted octanol–water partition coefficient (Wildman–Crippen LogP) is 17.7. The number of aromatic nitrogens is 6. The van der Waals surface area contributed by atoms with Crippen LogP contribution >= 0.6 is 11.8 Å². The Morgan fingerprint density at radius 1 is 0.256 bits per heavy atom. The van der Waals surface area contributed by atoms with Gasteiger partial charge >= 0.3 is 0 Å². The first kappa shape index (κ1) is 42.3. The third-order valence-corrected chi connectivity index (χ3v) is 18.2. The van der Waals surface area contributed by atoms with Gasteiger partial charge in [-0.3, -0.25) is 9.97 Å². The van der Waals surface area contributed by atoms with Crippen molar-refractivity contribution < 1.29 is 0 Å². The van der Waals surface area contributed by atoms with Gasteiger partial charge in [0.2, 0.25) is 0 Å². The van der Waals surface area contributed by atoms with E-state index in [4.69, 9.17) is 9.97 Å². The predicted molar refractivity (Wildman–Crippen MR) is 321 cm³/mol. The van der Waals surface area contributed by atoms with E-state index in [2.05, 4.69) is 273 Å². The van der Waals surface area contributed by atoms with E-state index in [1.807, 2.05) is 11.8 Å². The van der Waals surface area contributed by atoms with Gasteiger partial charge in [-0.05, 0) is 96.1 Å². The van der Waals surface area contributed by atoms with Gasteiger partial charge in [-0.2, -0.15) is 0 Å². The van der Waals surface area contributed by atoms with Gasteiger partial charge < -0.3 is 18.3 Å². The van der Waals surface area contributed by atoms with E-state index in [0.717, 1.165) is 67.3 Å². The fraction of sp³-hybridized carbons (Fsp3) is 0.0141. The van der Waals surface area contributed by atoms with Crippen LogP contribution in [0, 0.1) is 0 Å². The van der Waals surface area contributed by atoms with E-state index >= 15 is 0 Å². The first-order chi connectivity index (χ1) is 38.7. The van der Waals surface area contributed by atoms with Gasteiger partial charge in [0.15, 0.2) is 0 Å². The zero-order valence-corrected chi connectivity index (χ0v) is 42.7. The highest BCUT2D eigenvalue weighted by atomic mass is 32.2. The van der Waals surface area contributed by atoms with Crippen LogP contribution in [0.3, 0.4) is 0 Å². The minimum atomic E-state index is -0.858. The van der Waals surface area contributed by atoms with Crippen molar-refractivity contribution in [3.05, 3.63) is 277 Å². The first-order valence-corrected chi connectivity index (χ1v) is 27.4. The van der Waals surface area contributed by atoms with E-state index in [1.54, 1.807) is 0 Å². The molecule has 1 aliphatic heterocycles. The summed E-state index contributed by atoms with van der Waals surface area (Å²) >= 11 is 1.87. The number of nitrogens with zero attached hydrogens (tertiary/aromatic N) is 6. The zero-order chi connectivity index (χ0) is 50.8. The van der Waals surface area contributed by atoms with E-state index in [9.17, 15) is 0 Å². The molecule has 0 unspecified atom stereocenters. The minimum Gasteiger partial charge on any atom is -0.309 e. The Kier molecular flexibility index (Phi) is 8.44. The summed E-state index contributed by atoms with van der Waals surface area (Å²) in [5.74, 6) is 0. The van der Waals surface area contributed by atoms with Crippen LogP contribution in [0.1, 0.15) is 22.3 Å². The number of fused-ring (bicyclic) bond motifs is 21. The van der Waals surface area contributed by atoms with Crippen molar-refractivity contribution in [2.24, 2.45) is 0 Å². The lowest BCUT2D eigenvalue weighted by Gasteiger charge is -2.40. The van der Waals surface area contributed by atoms with Crippen molar-refractivity contribution in [2.75, 3.05) is 0 Å². The van der Waals surface area contributed by atoms with Gasteiger partial charge in [-0.1, -0.05) is 169 Å². The maximum Gasteiger partial charge on any atom is 0.0939 e. The molecule has 0 saturated heterocycles.